The molecule has 2 heterocycles. The lowest BCUT2D eigenvalue weighted by molar-refractivity contribution is -0.140. The number of anilines is 1. The summed E-state index contributed by atoms with van der Waals surface area (Å²) < 4.78 is 53.5. The summed E-state index contributed by atoms with van der Waals surface area (Å²) in [4.78, 5) is 16.8. The number of alkyl halides is 3. The zero-order valence-corrected chi connectivity index (χ0v) is 15.5. The topological polar surface area (TPSA) is 93.2 Å². The van der Waals surface area contributed by atoms with Crippen LogP contribution in [-0.4, -0.2) is 26.7 Å². The summed E-state index contributed by atoms with van der Waals surface area (Å²) in [6.45, 7) is 0.0337. The van der Waals surface area contributed by atoms with Gasteiger partial charge in [0.2, 0.25) is 0 Å². The van der Waals surface area contributed by atoms with Crippen molar-refractivity contribution in [3.05, 3.63) is 57.6 Å². The first kappa shape index (κ1) is 19.5. The van der Waals surface area contributed by atoms with Crippen LogP contribution in [0.1, 0.15) is 27.3 Å². The van der Waals surface area contributed by atoms with Gasteiger partial charge in [-0.15, -0.1) is 0 Å². The number of halogens is 5. The third-order valence-corrected chi connectivity index (χ3v) is 5.13. The molecule has 0 fully saturated rings. The smallest absolute Gasteiger partial charge is 0.398 e. The van der Waals surface area contributed by atoms with E-state index in [-0.39, 0.29) is 44.3 Å². The van der Waals surface area contributed by atoms with Crippen LogP contribution in [0.3, 0.4) is 0 Å². The van der Waals surface area contributed by atoms with Crippen LogP contribution in [0.25, 0.3) is 11.0 Å². The maximum Gasteiger partial charge on any atom is 0.406 e. The number of aliphatic hydroxyl groups is 1. The fourth-order valence-corrected chi connectivity index (χ4v) is 3.90. The highest BCUT2D eigenvalue weighted by molar-refractivity contribution is 6.31. The summed E-state index contributed by atoms with van der Waals surface area (Å²) in [6.07, 6.45) is -4.52. The van der Waals surface area contributed by atoms with Gasteiger partial charge in [-0.25, -0.2) is 9.37 Å². The monoisotopic (exact) mass is 428 g/mol. The van der Waals surface area contributed by atoms with E-state index in [1.54, 1.807) is 0 Å². The van der Waals surface area contributed by atoms with Crippen molar-refractivity contribution >= 4 is 34.2 Å². The molecule has 1 amide bonds. The third-order valence-electron chi connectivity index (χ3n) is 4.80. The number of hydrogen-bond acceptors (Lipinski definition) is 4. The minimum atomic E-state index is -4.52. The Morgan fingerprint density at radius 3 is 2.69 bits per heavy atom. The lowest BCUT2D eigenvalue weighted by atomic mass is 9.92. The Bertz CT molecular complexity index is 1190. The number of nitrogens with two attached hydrogens (primary N) is 1. The molecule has 1 aromatic heterocycles. The van der Waals surface area contributed by atoms with Crippen molar-refractivity contribution in [3.8, 4) is 0 Å². The zero-order chi connectivity index (χ0) is 21.3. The Balaban J connectivity index is 2.02. The van der Waals surface area contributed by atoms with E-state index in [0.29, 0.717) is 0 Å². The molecule has 4 rings (SSSR count). The second kappa shape index (κ2) is 6.07. The molecule has 0 spiro atoms. The van der Waals surface area contributed by atoms with Crippen molar-refractivity contribution in [2.45, 2.75) is 25.4 Å². The van der Waals surface area contributed by atoms with Gasteiger partial charge in [-0.3, -0.25) is 4.79 Å². The third kappa shape index (κ3) is 2.90. The Hall–Kier alpha value is -2.85. The Kier molecular flexibility index (Phi) is 4.08. The van der Waals surface area contributed by atoms with Gasteiger partial charge in [0.15, 0.2) is 5.72 Å². The van der Waals surface area contributed by atoms with E-state index in [0.717, 1.165) is 16.7 Å². The number of carbonyl (C=O) groups excluding carboxylic acids is 1. The van der Waals surface area contributed by atoms with Crippen LogP contribution in [0.4, 0.5) is 23.2 Å². The standard InChI is InChI=1S/C18H13ClF4N4O2/c1-7-25-15-12(27(7)6-17(21,22)23)5-11(24)14-13(15)16(28)26-18(14,29)9-4-8(20)2-3-10(9)19/h2-5,29H,6,24H2,1H3,(H,26,28). The summed E-state index contributed by atoms with van der Waals surface area (Å²) in [6, 6.07) is 4.40. The van der Waals surface area contributed by atoms with Crippen molar-refractivity contribution in [2.24, 2.45) is 0 Å². The molecule has 11 heteroatoms. The fraction of sp³-hybridized carbons (Fsp3) is 0.222. The van der Waals surface area contributed by atoms with E-state index in [1.165, 1.54) is 19.1 Å². The average molecular weight is 429 g/mol. The number of amides is 1. The molecule has 2 aromatic carbocycles. The molecule has 1 unspecified atom stereocenters. The molecule has 0 saturated heterocycles. The van der Waals surface area contributed by atoms with Crippen LogP contribution in [0.2, 0.25) is 5.02 Å². The van der Waals surface area contributed by atoms with Crippen LogP contribution in [0.5, 0.6) is 0 Å². The van der Waals surface area contributed by atoms with Crippen molar-refractivity contribution in [2.75, 3.05) is 5.73 Å². The van der Waals surface area contributed by atoms with Crippen molar-refractivity contribution in [3.63, 3.8) is 0 Å². The van der Waals surface area contributed by atoms with E-state index < -0.39 is 30.2 Å². The van der Waals surface area contributed by atoms with Crippen LogP contribution in [-0.2, 0) is 12.3 Å². The Morgan fingerprint density at radius 1 is 1.34 bits per heavy atom. The van der Waals surface area contributed by atoms with Gasteiger partial charge in [0.25, 0.3) is 5.91 Å². The lowest BCUT2D eigenvalue weighted by Crippen LogP contribution is -2.40. The van der Waals surface area contributed by atoms with Crippen LogP contribution >= 0.6 is 11.6 Å². The highest BCUT2D eigenvalue weighted by Gasteiger charge is 2.48. The molecule has 152 valence electrons. The molecule has 1 atom stereocenters. The number of aromatic nitrogens is 2. The van der Waals surface area contributed by atoms with E-state index >= 15 is 0 Å². The van der Waals surface area contributed by atoms with Crippen molar-refractivity contribution in [1.29, 1.82) is 0 Å². The lowest BCUT2D eigenvalue weighted by Gasteiger charge is -2.26. The average Bonchev–Trinajstić information content (AvgIpc) is 3.04. The van der Waals surface area contributed by atoms with Gasteiger partial charge in [0, 0.05) is 21.8 Å². The zero-order valence-electron chi connectivity index (χ0n) is 14.7. The minimum absolute atomic E-state index is 0.0113. The predicted octanol–water partition coefficient (Wildman–Crippen LogP) is 3.22. The van der Waals surface area contributed by atoms with Gasteiger partial charge >= 0.3 is 6.18 Å². The maximum atomic E-state index is 13.8. The predicted molar refractivity (Wildman–Crippen MR) is 96.8 cm³/mol. The Labute approximate surface area is 165 Å². The first-order valence-electron chi connectivity index (χ1n) is 8.29. The number of aryl methyl sites for hydroxylation is 1. The van der Waals surface area contributed by atoms with Gasteiger partial charge in [0.05, 0.1) is 11.1 Å². The van der Waals surface area contributed by atoms with E-state index in [1.807, 2.05) is 0 Å². The second-order valence-electron chi connectivity index (χ2n) is 6.73. The number of imidazole rings is 1. The number of nitrogens with zero attached hydrogens (tertiary/aromatic N) is 2. The number of nitrogen functional groups attached to an aromatic ring is 1. The van der Waals surface area contributed by atoms with Gasteiger partial charge in [-0.05, 0) is 31.2 Å². The quantitative estimate of drug-likeness (QED) is 0.431. The number of hydrogen-bond donors (Lipinski definition) is 3. The maximum absolute atomic E-state index is 13.8. The molecule has 0 saturated carbocycles. The summed E-state index contributed by atoms with van der Waals surface area (Å²) in [5.74, 6) is -1.53. The van der Waals surface area contributed by atoms with Gasteiger partial charge in [-0.2, -0.15) is 13.2 Å². The van der Waals surface area contributed by atoms with E-state index in [9.17, 15) is 27.5 Å². The molecule has 6 nitrogen and oxygen atoms in total. The van der Waals surface area contributed by atoms with Crippen LogP contribution in [0.15, 0.2) is 24.3 Å². The number of fused-ring (bicyclic) bond motifs is 3. The van der Waals surface area contributed by atoms with Crippen molar-refractivity contribution in [1.82, 2.24) is 14.9 Å². The normalized spacial score (nSPS) is 18.9. The molecule has 1 aliphatic rings. The van der Waals surface area contributed by atoms with Gasteiger partial charge < -0.3 is 20.7 Å². The molecule has 4 N–H and O–H groups in total. The largest absolute Gasteiger partial charge is 0.406 e. The van der Waals surface area contributed by atoms with Crippen LogP contribution < -0.4 is 11.1 Å². The highest BCUT2D eigenvalue weighted by atomic mass is 35.5. The molecule has 29 heavy (non-hydrogen) atoms. The number of benzene rings is 2. The highest BCUT2D eigenvalue weighted by Crippen LogP contribution is 2.44. The minimum Gasteiger partial charge on any atom is -0.398 e. The van der Waals surface area contributed by atoms with Crippen LogP contribution in [0, 0.1) is 12.7 Å². The molecule has 0 radical (unpaired) electrons. The number of carbonyl (C=O) groups is 1. The number of nitrogens with one attached hydrogen (secondary N) is 1. The van der Waals surface area contributed by atoms with E-state index in [2.05, 4.69) is 10.3 Å². The first-order chi connectivity index (χ1) is 13.4. The summed E-state index contributed by atoms with van der Waals surface area (Å²) >= 11 is 6.09. The second-order valence-corrected chi connectivity index (χ2v) is 7.14. The molecular formula is C18H13ClF4N4O2. The van der Waals surface area contributed by atoms with Gasteiger partial charge in [-0.1, -0.05) is 11.6 Å². The molecule has 1 aliphatic heterocycles. The number of rotatable bonds is 2. The van der Waals surface area contributed by atoms with E-state index in [4.69, 9.17) is 17.3 Å². The fourth-order valence-electron chi connectivity index (χ4n) is 3.65. The SMILES string of the molecule is Cc1nc2c3c(c(N)cc2n1CC(F)(F)F)C(O)(c1cc(F)ccc1Cl)NC3=O. The Morgan fingerprint density at radius 2 is 2.03 bits per heavy atom. The summed E-state index contributed by atoms with van der Waals surface area (Å²) in [5, 5.41) is 13.5. The summed E-state index contributed by atoms with van der Waals surface area (Å²) in [5.41, 5.74) is 3.03. The summed E-state index contributed by atoms with van der Waals surface area (Å²) in [7, 11) is 0. The molecule has 0 aliphatic carbocycles. The molecular weight excluding hydrogens is 416 g/mol. The molecule has 3 aromatic rings. The van der Waals surface area contributed by atoms with Crippen molar-refractivity contribution < 1.29 is 27.5 Å². The first-order valence-corrected chi connectivity index (χ1v) is 8.67. The molecule has 0 bridgehead atoms. The van der Waals surface area contributed by atoms with Gasteiger partial charge in [0.1, 0.15) is 23.7 Å².